The van der Waals surface area contributed by atoms with Crippen molar-refractivity contribution in [2.45, 2.75) is 109 Å². The third-order valence-electron chi connectivity index (χ3n) is 13.2. The minimum Gasteiger partial charge on any atom is -0.505 e. The van der Waals surface area contributed by atoms with Crippen molar-refractivity contribution in [1.82, 2.24) is 0 Å². The van der Waals surface area contributed by atoms with E-state index >= 15 is 0 Å². The van der Waals surface area contributed by atoms with Gasteiger partial charge in [-0.2, -0.15) is 0 Å². The molecule has 0 radical (unpaired) electrons. The van der Waals surface area contributed by atoms with Gasteiger partial charge in [-0.3, -0.25) is 23.4 Å². The highest BCUT2D eigenvalue weighted by atomic mass is 31.2. The first kappa shape index (κ1) is 45.8. The molecule has 0 heterocycles. The molecule has 0 aromatic heterocycles. The van der Waals surface area contributed by atoms with Crippen molar-refractivity contribution in [2.24, 2.45) is 23.0 Å². The summed E-state index contributed by atoms with van der Waals surface area (Å²) in [7, 11) is -2.72. The summed E-state index contributed by atoms with van der Waals surface area (Å²) >= 11 is 0. The van der Waals surface area contributed by atoms with Crippen LogP contribution in [0.5, 0.6) is 17.2 Å². The molecule has 0 aliphatic heterocycles. The smallest absolute Gasteiger partial charge is 0.505 e. The molecule has 7 rings (SSSR count). The molecule has 63 heavy (non-hydrogen) atoms. The molecule has 6 N–H and O–H groups in total. The molecule has 2 saturated carbocycles. The van der Waals surface area contributed by atoms with Crippen LogP contribution in [0.3, 0.4) is 0 Å². The monoisotopic (exact) mass is 884 g/mol. The molecule has 2 fully saturated rings. The lowest BCUT2D eigenvalue weighted by molar-refractivity contribution is -0.158. The Labute approximate surface area is 367 Å². The van der Waals surface area contributed by atoms with Gasteiger partial charge in [0.25, 0.3) is 5.91 Å². The topological polar surface area (TPSA) is 213 Å². The molecule has 7 unspecified atom stereocenters. The first-order valence-corrected chi connectivity index (χ1v) is 23.1. The number of anilines is 1. The van der Waals surface area contributed by atoms with E-state index in [9.17, 15) is 34.3 Å². The number of methoxy groups -OCH3 is 1. The molecule has 4 aromatic rings. The molecular weight excluding hydrogens is 828 g/mol. The van der Waals surface area contributed by atoms with Crippen molar-refractivity contribution in [3.8, 4) is 17.2 Å². The van der Waals surface area contributed by atoms with Gasteiger partial charge in [-0.05, 0) is 116 Å². The maximum absolute atomic E-state index is 14.1. The number of benzene rings is 4. The van der Waals surface area contributed by atoms with Gasteiger partial charge in [-0.15, -0.1) is 0 Å². The predicted molar refractivity (Wildman–Crippen MR) is 234 cm³/mol. The molecule has 3 aliphatic rings. The quantitative estimate of drug-likeness (QED) is 0.0343. The van der Waals surface area contributed by atoms with Crippen LogP contribution < -0.4 is 20.3 Å². The number of aryl methyl sites for hydroxylation is 1. The first-order valence-electron chi connectivity index (χ1n) is 21.6. The third kappa shape index (κ3) is 10.8. The number of fused-ring (bicyclic) bond motifs is 5. The van der Waals surface area contributed by atoms with Gasteiger partial charge in [-0.1, -0.05) is 73.7 Å². The minimum absolute atomic E-state index is 0.0450. The van der Waals surface area contributed by atoms with E-state index in [1.54, 1.807) is 0 Å². The van der Waals surface area contributed by atoms with Gasteiger partial charge in [0.2, 0.25) is 5.91 Å². The number of phenols is 1. The third-order valence-corrected chi connectivity index (χ3v) is 14.5. The number of nitrogens with two attached hydrogens (primary N) is 1. The van der Waals surface area contributed by atoms with Crippen molar-refractivity contribution in [3.63, 3.8) is 0 Å². The molecule has 2 amide bonds. The van der Waals surface area contributed by atoms with Gasteiger partial charge in [0, 0.05) is 18.3 Å². The van der Waals surface area contributed by atoms with Crippen LogP contribution in [0.25, 0.3) is 0 Å². The highest BCUT2D eigenvalue weighted by Crippen LogP contribution is 2.62. The number of nitrogens with one attached hydrogen (secondary N) is 1. The van der Waals surface area contributed by atoms with Crippen LogP contribution in [0.2, 0.25) is 0 Å². The zero-order valence-corrected chi connectivity index (χ0v) is 36.5. The zero-order chi connectivity index (χ0) is 44.7. The molecule has 0 bridgehead atoms. The number of rotatable bonds is 19. The summed E-state index contributed by atoms with van der Waals surface area (Å²) in [6.45, 7) is 2.36. The van der Waals surface area contributed by atoms with E-state index in [4.69, 9.17) is 28.8 Å². The average Bonchev–Trinajstić information content (AvgIpc) is 3.62. The number of aliphatic hydroxyl groups excluding tert-OH is 2. The molecule has 336 valence electrons. The summed E-state index contributed by atoms with van der Waals surface area (Å²) in [5, 5.41) is 34.2. The molecule has 15 heteroatoms. The van der Waals surface area contributed by atoms with Crippen LogP contribution in [0.15, 0.2) is 91.0 Å². The Morgan fingerprint density at radius 1 is 0.857 bits per heavy atom. The SMILES string of the molecule is COc1ccc(NC(=O)CCC(O)C(O)CCC(=O)OC2CCC3C4CCc5cc(OP(=O)(OCc6ccccc6)OCc6ccccc6)ccc5C4CCC23C)c(O)c1C(N)=O. The van der Waals surface area contributed by atoms with E-state index in [2.05, 4.69) is 18.3 Å². The van der Waals surface area contributed by atoms with Crippen molar-refractivity contribution in [3.05, 3.63) is 119 Å². The molecule has 4 aromatic carbocycles. The second-order valence-corrected chi connectivity index (χ2v) is 18.7. The van der Waals surface area contributed by atoms with Crippen LogP contribution in [-0.4, -0.2) is 58.5 Å². The number of amides is 2. The highest BCUT2D eigenvalue weighted by molar-refractivity contribution is 7.48. The van der Waals surface area contributed by atoms with E-state index in [1.165, 1.54) is 24.8 Å². The molecule has 0 saturated heterocycles. The lowest BCUT2D eigenvalue weighted by Gasteiger charge is -2.50. The Morgan fingerprint density at radius 3 is 2.14 bits per heavy atom. The molecule has 7 atom stereocenters. The minimum atomic E-state index is -4.02. The Bertz CT molecular complexity index is 2250. The summed E-state index contributed by atoms with van der Waals surface area (Å²) in [6.07, 6.45) is 2.01. The van der Waals surface area contributed by atoms with E-state index < -0.39 is 43.6 Å². The van der Waals surface area contributed by atoms with Gasteiger partial charge < -0.3 is 40.4 Å². The molecular formula is C48H57N2O12P. The maximum Gasteiger partial charge on any atom is 0.530 e. The summed E-state index contributed by atoms with van der Waals surface area (Å²) in [6, 6.07) is 27.6. The number of phosphoric ester groups is 1. The van der Waals surface area contributed by atoms with Crippen LogP contribution in [0.1, 0.15) is 103 Å². The number of aliphatic hydroxyl groups is 2. The summed E-state index contributed by atoms with van der Waals surface area (Å²) in [5.41, 5.74) is 8.93. The number of aromatic hydroxyl groups is 1. The predicted octanol–water partition coefficient (Wildman–Crippen LogP) is 8.11. The van der Waals surface area contributed by atoms with Crippen molar-refractivity contribution in [1.29, 1.82) is 0 Å². The van der Waals surface area contributed by atoms with Gasteiger partial charge in [-0.25, -0.2) is 4.57 Å². The summed E-state index contributed by atoms with van der Waals surface area (Å²) in [5.74, 6) is -0.916. The highest BCUT2D eigenvalue weighted by Gasteiger charge is 2.56. The number of primary amides is 1. The van der Waals surface area contributed by atoms with E-state index in [0.29, 0.717) is 23.5 Å². The van der Waals surface area contributed by atoms with Crippen molar-refractivity contribution in [2.75, 3.05) is 12.4 Å². The number of carbonyl (C=O) groups is 3. The van der Waals surface area contributed by atoms with Gasteiger partial charge in [0.1, 0.15) is 23.2 Å². The lowest BCUT2D eigenvalue weighted by atomic mass is 9.55. The summed E-state index contributed by atoms with van der Waals surface area (Å²) in [4.78, 5) is 37.6. The Hall–Kier alpha value is -5.24. The van der Waals surface area contributed by atoms with Crippen molar-refractivity contribution >= 4 is 31.3 Å². The van der Waals surface area contributed by atoms with Gasteiger partial charge >= 0.3 is 13.8 Å². The number of carbonyl (C=O) groups excluding carboxylic acids is 3. The molecule has 0 spiro atoms. The fourth-order valence-electron chi connectivity index (χ4n) is 9.88. The number of hydrogen-bond acceptors (Lipinski definition) is 12. The van der Waals surface area contributed by atoms with E-state index in [1.807, 2.05) is 72.8 Å². The number of esters is 1. The van der Waals surface area contributed by atoms with Crippen molar-refractivity contribution < 1.29 is 57.3 Å². The van der Waals surface area contributed by atoms with Crippen LogP contribution in [0.4, 0.5) is 5.69 Å². The Morgan fingerprint density at radius 2 is 1.51 bits per heavy atom. The van der Waals surface area contributed by atoms with E-state index in [-0.39, 0.29) is 67.4 Å². The van der Waals surface area contributed by atoms with Crippen LogP contribution in [-0.2, 0) is 47.6 Å². The van der Waals surface area contributed by atoms with Crippen LogP contribution in [0, 0.1) is 17.3 Å². The van der Waals surface area contributed by atoms with Gasteiger partial charge in [0.15, 0.2) is 5.75 Å². The fraction of sp³-hybridized carbons (Fsp3) is 0.438. The normalized spacial score (nSPS) is 22.4. The number of hydrogen-bond donors (Lipinski definition) is 5. The molecule has 3 aliphatic carbocycles. The van der Waals surface area contributed by atoms with Crippen LogP contribution >= 0.6 is 7.82 Å². The lowest BCUT2D eigenvalue weighted by Crippen LogP contribution is -2.45. The largest absolute Gasteiger partial charge is 0.530 e. The number of ether oxygens (including phenoxy) is 2. The average molecular weight is 885 g/mol. The second-order valence-electron chi connectivity index (χ2n) is 17.1. The fourth-order valence-corrected chi connectivity index (χ4v) is 11.0. The Balaban J connectivity index is 0.900. The Kier molecular flexibility index (Phi) is 14.6. The van der Waals surface area contributed by atoms with Gasteiger partial charge in [0.05, 0.1) is 38.2 Å². The number of phosphoric acid groups is 1. The standard InChI is InChI=1S/C48H57N2O12P/c1-48-26-25-35-34-16-14-33(62-63(57,59-28-30-9-5-3-6-10-30)60-29-31-11-7-4-8-12-31)27-32(34)13-15-36(35)37(48)17-22-42(48)61-44(54)24-20-40(52)39(51)19-23-43(53)50-38-18-21-41(58-2)45(46(38)55)47(49)56/h3-12,14,16,18,21,27,35-37,39-40,42,51-52,55H,13,15,17,19-20,22-26,28-29H2,1-2H3,(H2,49,56)(H,50,53). The maximum atomic E-state index is 14.1. The first-order chi connectivity index (χ1) is 30.3. The molecule has 14 nitrogen and oxygen atoms in total. The summed E-state index contributed by atoms with van der Waals surface area (Å²) < 4.78 is 43.1. The zero-order valence-electron chi connectivity index (χ0n) is 35.7. The second kappa shape index (κ2) is 20.1. The van der Waals surface area contributed by atoms with E-state index in [0.717, 1.165) is 55.2 Å².